The Kier molecular flexibility index (Phi) is 5.24. The van der Waals surface area contributed by atoms with Crippen LogP contribution in [0.3, 0.4) is 0 Å². The number of nitro groups is 1. The molecule has 0 aliphatic carbocycles. The molecule has 7 heteroatoms. The van der Waals surface area contributed by atoms with Gasteiger partial charge in [0.1, 0.15) is 0 Å². The van der Waals surface area contributed by atoms with Crippen LogP contribution in [-0.4, -0.2) is 23.3 Å². The highest BCUT2D eigenvalue weighted by atomic mass is 35.5. The van der Waals surface area contributed by atoms with Crippen molar-refractivity contribution < 1.29 is 14.5 Å². The second-order valence-electron chi connectivity index (χ2n) is 2.96. The SMILES string of the molecule is CCOC(=O)CSc1cc(Cl)ccc1[N+](=O)[O-]. The highest BCUT2D eigenvalue weighted by Gasteiger charge is 2.15. The summed E-state index contributed by atoms with van der Waals surface area (Å²) in [5, 5.41) is 11.1. The van der Waals surface area contributed by atoms with Crippen LogP contribution in [0.25, 0.3) is 0 Å². The predicted molar refractivity (Wildman–Crippen MR) is 65.5 cm³/mol. The molecule has 0 spiro atoms. The summed E-state index contributed by atoms with van der Waals surface area (Å²) in [6, 6.07) is 4.22. The first-order valence-electron chi connectivity index (χ1n) is 4.77. The van der Waals surface area contributed by atoms with Crippen LogP contribution in [0.4, 0.5) is 5.69 Å². The summed E-state index contributed by atoms with van der Waals surface area (Å²) in [4.78, 5) is 21.7. The number of esters is 1. The summed E-state index contributed by atoms with van der Waals surface area (Å²) in [7, 11) is 0. The first kappa shape index (κ1) is 13.8. The van der Waals surface area contributed by atoms with Crippen molar-refractivity contribution in [1.29, 1.82) is 0 Å². The lowest BCUT2D eigenvalue weighted by Gasteiger charge is -2.03. The Morgan fingerprint density at radius 3 is 2.88 bits per heavy atom. The van der Waals surface area contributed by atoms with Gasteiger partial charge in [-0.15, -0.1) is 11.8 Å². The van der Waals surface area contributed by atoms with Gasteiger partial charge in [-0.3, -0.25) is 14.9 Å². The Labute approximate surface area is 107 Å². The second kappa shape index (κ2) is 6.46. The molecule has 5 nitrogen and oxygen atoms in total. The fourth-order valence-corrected chi connectivity index (χ4v) is 2.19. The van der Waals surface area contributed by atoms with Crippen molar-refractivity contribution in [3.8, 4) is 0 Å². The van der Waals surface area contributed by atoms with E-state index in [0.29, 0.717) is 9.92 Å². The fraction of sp³-hybridized carbons (Fsp3) is 0.300. The number of nitrogens with zero attached hydrogens (tertiary/aromatic N) is 1. The molecule has 1 rings (SSSR count). The maximum Gasteiger partial charge on any atom is 0.316 e. The number of hydrogen-bond donors (Lipinski definition) is 0. The minimum Gasteiger partial charge on any atom is -0.465 e. The van der Waals surface area contributed by atoms with Crippen molar-refractivity contribution in [2.75, 3.05) is 12.4 Å². The average molecular weight is 276 g/mol. The molecule has 0 aliphatic heterocycles. The Bertz CT molecular complexity index is 438. The van der Waals surface area contributed by atoms with Gasteiger partial charge in [-0.25, -0.2) is 0 Å². The lowest BCUT2D eigenvalue weighted by molar-refractivity contribution is -0.387. The van der Waals surface area contributed by atoms with Crippen LogP contribution >= 0.6 is 23.4 Å². The van der Waals surface area contributed by atoms with Crippen molar-refractivity contribution in [1.82, 2.24) is 0 Å². The largest absolute Gasteiger partial charge is 0.465 e. The van der Waals surface area contributed by atoms with Crippen molar-refractivity contribution in [2.45, 2.75) is 11.8 Å². The van der Waals surface area contributed by atoms with E-state index in [1.807, 2.05) is 0 Å². The Hall–Kier alpha value is -1.27. The number of benzene rings is 1. The Morgan fingerprint density at radius 1 is 1.59 bits per heavy atom. The third-order valence-corrected chi connectivity index (χ3v) is 3.02. The van der Waals surface area contributed by atoms with E-state index < -0.39 is 10.9 Å². The zero-order valence-corrected chi connectivity index (χ0v) is 10.6. The van der Waals surface area contributed by atoms with Crippen molar-refractivity contribution >= 4 is 35.0 Å². The molecule has 0 unspecified atom stereocenters. The van der Waals surface area contributed by atoms with Crippen LogP contribution in [0.1, 0.15) is 6.92 Å². The van der Waals surface area contributed by atoms with Crippen LogP contribution in [0, 0.1) is 10.1 Å². The lowest BCUT2D eigenvalue weighted by atomic mass is 10.3. The van der Waals surface area contributed by atoms with E-state index in [1.54, 1.807) is 6.92 Å². The summed E-state index contributed by atoms with van der Waals surface area (Å²) >= 11 is 6.78. The van der Waals surface area contributed by atoms with Crippen LogP contribution in [-0.2, 0) is 9.53 Å². The maximum atomic E-state index is 11.1. The van der Waals surface area contributed by atoms with Gasteiger partial charge in [-0.05, 0) is 19.1 Å². The van der Waals surface area contributed by atoms with Crippen molar-refractivity contribution in [2.24, 2.45) is 0 Å². The number of halogens is 1. The molecule has 0 amide bonds. The topological polar surface area (TPSA) is 69.4 Å². The zero-order chi connectivity index (χ0) is 12.8. The van der Waals surface area contributed by atoms with E-state index in [0.717, 1.165) is 11.8 Å². The quantitative estimate of drug-likeness (QED) is 0.358. The van der Waals surface area contributed by atoms with Gasteiger partial charge < -0.3 is 4.74 Å². The van der Waals surface area contributed by atoms with Crippen LogP contribution in [0.15, 0.2) is 23.1 Å². The number of nitro benzene ring substituents is 1. The number of ether oxygens (including phenoxy) is 1. The van der Waals surface area contributed by atoms with Gasteiger partial charge in [-0.2, -0.15) is 0 Å². The highest BCUT2D eigenvalue weighted by Crippen LogP contribution is 2.31. The molecule has 0 heterocycles. The molecule has 0 N–H and O–H groups in total. The van der Waals surface area contributed by atoms with Crippen LogP contribution < -0.4 is 0 Å². The molecule has 1 aromatic rings. The predicted octanol–water partition coefficient (Wildman–Crippen LogP) is 2.90. The number of rotatable bonds is 5. The van der Waals surface area contributed by atoms with E-state index in [9.17, 15) is 14.9 Å². The van der Waals surface area contributed by atoms with Gasteiger partial charge in [0.2, 0.25) is 0 Å². The zero-order valence-electron chi connectivity index (χ0n) is 9.01. The van der Waals surface area contributed by atoms with Crippen molar-refractivity contribution in [3.63, 3.8) is 0 Å². The average Bonchev–Trinajstić information content (AvgIpc) is 2.26. The molecule has 17 heavy (non-hydrogen) atoms. The molecular formula is C10H10ClNO4S. The summed E-state index contributed by atoms with van der Waals surface area (Å²) in [5.74, 6) is -0.388. The van der Waals surface area contributed by atoms with E-state index >= 15 is 0 Å². The minimum atomic E-state index is -0.510. The standard InChI is InChI=1S/C10H10ClNO4S/c1-2-16-10(13)6-17-9-5-7(11)3-4-8(9)12(14)15/h3-5H,2,6H2,1H3. The minimum absolute atomic E-state index is 0.0228. The molecule has 0 saturated carbocycles. The Morgan fingerprint density at radius 2 is 2.29 bits per heavy atom. The summed E-state index contributed by atoms with van der Waals surface area (Å²) < 4.78 is 4.73. The summed E-state index contributed by atoms with van der Waals surface area (Å²) in [6.45, 7) is 1.99. The van der Waals surface area contributed by atoms with Gasteiger partial charge in [0.15, 0.2) is 0 Å². The normalized spacial score (nSPS) is 10.0. The molecule has 1 aromatic carbocycles. The third kappa shape index (κ3) is 4.24. The van der Waals surface area contributed by atoms with E-state index in [-0.39, 0.29) is 18.0 Å². The molecule has 0 saturated heterocycles. The van der Waals surface area contributed by atoms with Gasteiger partial charge in [0.05, 0.1) is 22.2 Å². The molecule has 0 aromatic heterocycles. The molecule has 0 bridgehead atoms. The summed E-state index contributed by atoms with van der Waals surface area (Å²) in [6.07, 6.45) is 0. The van der Waals surface area contributed by atoms with E-state index in [4.69, 9.17) is 16.3 Å². The van der Waals surface area contributed by atoms with Gasteiger partial charge >= 0.3 is 5.97 Å². The number of thioether (sulfide) groups is 1. The van der Waals surface area contributed by atoms with Gasteiger partial charge in [0.25, 0.3) is 5.69 Å². The maximum absolute atomic E-state index is 11.1. The van der Waals surface area contributed by atoms with Crippen LogP contribution in [0.2, 0.25) is 5.02 Å². The van der Waals surface area contributed by atoms with E-state index in [1.165, 1.54) is 18.2 Å². The van der Waals surface area contributed by atoms with E-state index in [2.05, 4.69) is 0 Å². The first-order valence-corrected chi connectivity index (χ1v) is 6.13. The highest BCUT2D eigenvalue weighted by molar-refractivity contribution is 8.00. The molecule has 92 valence electrons. The number of carbonyl (C=O) groups excluding carboxylic acids is 1. The monoisotopic (exact) mass is 275 g/mol. The fourth-order valence-electron chi connectivity index (χ4n) is 1.09. The molecule has 0 aliphatic rings. The summed E-state index contributed by atoms with van der Waals surface area (Å²) in [5.41, 5.74) is -0.0660. The van der Waals surface area contributed by atoms with Crippen LogP contribution in [0.5, 0.6) is 0 Å². The smallest absolute Gasteiger partial charge is 0.316 e. The van der Waals surface area contributed by atoms with Crippen molar-refractivity contribution in [3.05, 3.63) is 33.3 Å². The Balaban J connectivity index is 2.78. The third-order valence-electron chi connectivity index (χ3n) is 1.77. The lowest BCUT2D eigenvalue weighted by Crippen LogP contribution is -2.06. The van der Waals surface area contributed by atoms with Gasteiger partial charge in [0, 0.05) is 11.1 Å². The molecule has 0 atom stereocenters. The second-order valence-corrected chi connectivity index (χ2v) is 4.42. The molecule has 0 fully saturated rings. The molecule has 0 radical (unpaired) electrons. The first-order chi connectivity index (χ1) is 8.04. The molecular weight excluding hydrogens is 266 g/mol. The number of hydrogen-bond acceptors (Lipinski definition) is 5. The number of carbonyl (C=O) groups is 1. The van der Waals surface area contributed by atoms with Gasteiger partial charge in [-0.1, -0.05) is 11.6 Å².